The van der Waals surface area contributed by atoms with Crippen LogP contribution in [-0.4, -0.2) is 33.9 Å². The Hall–Kier alpha value is -3.22. The molecule has 1 aliphatic rings. The lowest BCUT2D eigenvalue weighted by atomic mass is 10.1. The predicted molar refractivity (Wildman–Crippen MR) is 102 cm³/mol. The van der Waals surface area contributed by atoms with Gasteiger partial charge in [0.2, 0.25) is 0 Å². The van der Waals surface area contributed by atoms with Gasteiger partial charge < -0.3 is 16.0 Å². The summed E-state index contributed by atoms with van der Waals surface area (Å²) in [7, 11) is 0. The summed E-state index contributed by atoms with van der Waals surface area (Å²) in [5, 5.41) is 4.19. The summed E-state index contributed by atoms with van der Waals surface area (Å²) in [5.74, 6) is 0.538. The summed E-state index contributed by atoms with van der Waals surface area (Å²) < 4.78 is 0. The van der Waals surface area contributed by atoms with Crippen molar-refractivity contribution in [1.29, 1.82) is 0 Å². The van der Waals surface area contributed by atoms with E-state index in [4.69, 9.17) is 5.73 Å². The molecule has 26 heavy (non-hydrogen) atoms. The van der Waals surface area contributed by atoms with E-state index in [1.165, 1.54) is 6.42 Å². The van der Waals surface area contributed by atoms with Crippen LogP contribution in [0.5, 0.6) is 0 Å². The molecule has 0 atom stereocenters. The monoisotopic (exact) mass is 348 g/mol. The van der Waals surface area contributed by atoms with E-state index in [1.54, 1.807) is 12.4 Å². The number of pyridine rings is 1. The summed E-state index contributed by atoms with van der Waals surface area (Å²) in [6.45, 7) is 1.90. The first kappa shape index (κ1) is 16.3. The highest BCUT2D eigenvalue weighted by atomic mass is 16.1. The zero-order valence-electron chi connectivity index (χ0n) is 14.4. The number of rotatable bonds is 4. The number of anilines is 3. The quantitative estimate of drug-likeness (QED) is 0.752. The number of hydrogen-bond acceptors (Lipinski definition) is 6. The second kappa shape index (κ2) is 6.95. The number of fused-ring (bicyclic) bond motifs is 1. The zero-order valence-corrected chi connectivity index (χ0v) is 14.4. The number of aromatic nitrogens is 3. The van der Waals surface area contributed by atoms with Gasteiger partial charge in [-0.05, 0) is 43.5 Å². The molecule has 2 aromatic heterocycles. The molecule has 3 aromatic rings. The second-order valence-electron chi connectivity index (χ2n) is 6.37. The SMILES string of the molecule is NC(=O)c1ncc(N2CCCCC2)nc1Nc1ccc2ncccc2c1. The Bertz CT molecular complexity index is 952. The Morgan fingerprint density at radius 1 is 1.12 bits per heavy atom. The van der Waals surface area contributed by atoms with Gasteiger partial charge in [0.15, 0.2) is 11.5 Å². The van der Waals surface area contributed by atoms with Gasteiger partial charge in [-0.25, -0.2) is 9.97 Å². The van der Waals surface area contributed by atoms with Crippen molar-refractivity contribution >= 4 is 34.1 Å². The summed E-state index contributed by atoms with van der Waals surface area (Å²) in [6.07, 6.45) is 6.90. The van der Waals surface area contributed by atoms with Crippen molar-refractivity contribution in [3.8, 4) is 0 Å². The molecule has 0 spiro atoms. The van der Waals surface area contributed by atoms with E-state index < -0.39 is 5.91 Å². The molecule has 1 saturated heterocycles. The molecule has 1 amide bonds. The third-order valence-corrected chi connectivity index (χ3v) is 4.54. The van der Waals surface area contributed by atoms with Gasteiger partial charge in [0.1, 0.15) is 5.82 Å². The van der Waals surface area contributed by atoms with Gasteiger partial charge >= 0.3 is 0 Å². The van der Waals surface area contributed by atoms with Crippen molar-refractivity contribution in [3.63, 3.8) is 0 Å². The third-order valence-electron chi connectivity index (χ3n) is 4.54. The van der Waals surface area contributed by atoms with E-state index >= 15 is 0 Å². The van der Waals surface area contributed by atoms with Crippen LogP contribution in [0.2, 0.25) is 0 Å². The largest absolute Gasteiger partial charge is 0.364 e. The summed E-state index contributed by atoms with van der Waals surface area (Å²) in [4.78, 5) is 27.2. The number of hydrogen-bond donors (Lipinski definition) is 2. The van der Waals surface area contributed by atoms with Gasteiger partial charge in [0, 0.05) is 30.4 Å². The van der Waals surface area contributed by atoms with E-state index in [9.17, 15) is 4.79 Å². The molecule has 0 aliphatic carbocycles. The molecule has 0 bridgehead atoms. The number of carbonyl (C=O) groups excluding carboxylic acids is 1. The average Bonchev–Trinajstić information content (AvgIpc) is 2.68. The maximum absolute atomic E-state index is 11.8. The van der Waals surface area contributed by atoms with Crippen LogP contribution in [-0.2, 0) is 0 Å². The van der Waals surface area contributed by atoms with E-state index in [0.29, 0.717) is 5.82 Å². The van der Waals surface area contributed by atoms with Crippen molar-refractivity contribution in [2.24, 2.45) is 5.73 Å². The molecule has 132 valence electrons. The van der Waals surface area contributed by atoms with Gasteiger partial charge in [0.25, 0.3) is 5.91 Å². The molecule has 4 rings (SSSR count). The molecular weight excluding hydrogens is 328 g/mol. The number of nitrogens with zero attached hydrogens (tertiary/aromatic N) is 4. The number of carbonyl (C=O) groups is 1. The van der Waals surface area contributed by atoms with Crippen LogP contribution >= 0.6 is 0 Å². The minimum Gasteiger partial charge on any atom is -0.364 e. The molecule has 0 saturated carbocycles. The lowest BCUT2D eigenvalue weighted by molar-refractivity contribution is 0.0996. The fourth-order valence-electron chi connectivity index (χ4n) is 3.21. The summed E-state index contributed by atoms with van der Waals surface area (Å²) in [5.41, 5.74) is 7.33. The number of piperidine rings is 1. The number of primary amides is 1. The molecule has 3 N–H and O–H groups in total. The van der Waals surface area contributed by atoms with Crippen LogP contribution in [0.4, 0.5) is 17.3 Å². The van der Waals surface area contributed by atoms with Gasteiger partial charge in [0.05, 0.1) is 11.7 Å². The van der Waals surface area contributed by atoms with E-state index in [2.05, 4.69) is 25.2 Å². The van der Waals surface area contributed by atoms with E-state index in [-0.39, 0.29) is 5.69 Å². The zero-order chi connectivity index (χ0) is 17.9. The molecule has 1 fully saturated rings. The molecule has 1 aliphatic heterocycles. The normalized spacial score (nSPS) is 14.4. The van der Waals surface area contributed by atoms with Crippen LogP contribution in [0.25, 0.3) is 10.9 Å². The lowest BCUT2D eigenvalue weighted by Gasteiger charge is -2.27. The highest BCUT2D eigenvalue weighted by Crippen LogP contribution is 2.24. The number of benzene rings is 1. The number of nitrogens with two attached hydrogens (primary N) is 1. The van der Waals surface area contributed by atoms with Gasteiger partial charge in [-0.15, -0.1) is 0 Å². The Labute approximate surface area is 151 Å². The predicted octanol–water partition coefficient (Wildman–Crippen LogP) is 2.86. The van der Waals surface area contributed by atoms with Gasteiger partial charge in [-0.1, -0.05) is 6.07 Å². The maximum Gasteiger partial charge on any atom is 0.271 e. The Balaban J connectivity index is 1.68. The molecule has 1 aromatic carbocycles. The third kappa shape index (κ3) is 3.28. The molecule has 0 unspecified atom stereocenters. The molecule has 7 nitrogen and oxygen atoms in total. The van der Waals surface area contributed by atoms with Crippen molar-refractivity contribution in [3.05, 3.63) is 48.4 Å². The fraction of sp³-hybridized carbons (Fsp3) is 0.263. The highest BCUT2D eigenvalue weighted by Gasteiger charge is 2.18. The number of nitrogens with one attached hydrogen (secondary N) is 1. The minimum atomic E-state index is -0.604. The van der Waals surface area contributed by atoms with Crippen molar-refractivity contribution in [2.75, 3.05) is 23.3 Å². The standard InChI is InChI=1S/C19H20N6O/c20-18(26)17-19(24-16(12-22-17)25-9-2-1-3-10-25)23-14-6-7-15-13(11-14)5-4-8-21-15/h4-8,11-12H,1-3,9-10H2,(H2,20,26)(H,23,24). The molecule has 0 radical (unpaired) electrons. The average molecular weight is 348 g/mol. The first-order chi connectivity index (χ1) is 12.7. The first-order valence-electron chi connectivity index (χ1n) is 8.74. The van der Waals surface area contributed by atoms with Crippen LogP contribution in [0.15, 0.2) is 42.7 Å². The van der Waals surface area contributed by atoms with E-state index in [1.807, 2.05) is 30.3 Å². The fourth-order valence-corrected chi connectivity index (χ4v) is 3.21. The molecule has 3 heterocycles. The molecular formula is C19H20N6O. The highest BCUT2D eigenvalue weighted by molar-refractivity contribution is 5.96. The smallest absolute Gasteiger partial charge is 0.271 e. The van der Waals surface area contributed by atoms with Crippen molar-refractivity contribution in [1.82, 2.24) is 15.0 Å². The Morgan fingerprint density at radius 3 is 2.77 bits per heavy atom. The lowest BCUT2D eigenvalue weighted by Crippen LogP contribution is -2.31. The van der Waals surface area contributed by atoms with Crippen LogP contribution in [0.3, 0.4) is 0 Å². The first-order valence-corrected chi connectivity index (χ1v) is 8.74. The Morgan fingerprint density at radius 2 is 1.96 bits per heavy atom. The van der Waals surface area contributed by atoms with Crippen molar-refractivity contribution in [2.45, 2.75) is 19.3 Å². The number of amides is 1. The van der Waals surface area contributed by atoms with Gasteiger partial charge in [-0.3, -0.25) is 9.78 Å². The van der Waals surface area contributed by atoms with E-state index in [0.717, 1.165) is 48.3 Å². The maximum atomic E-state index is 11.8. The second-order valence-corrected chi connectivity index (χ2v) is 6.37. The summed E-state index contributed by atoms with van der Waals surface area (Å²) in [6, 6.07) is 9.65. The summed E-state index contributed by atoms with van der Waals surface area (Å²) >= 11 is 0. The van der Waals surface area contributed by atoms with Crippen LogP contribution in [0, 0.1) is 0 Å². The van der Waals surface area contributed by atoms with Gasteiger partial charge in [-0.2, -0.15) is 0 Å². The van der Waals surface area contributed by atoms with Crippen molar-refractivity contribution < 1.29 is 4.79 Å². The molecule has 7 heteroatoms. The van der Waals surface area contributed by atoms with Crippen LogP contribution in [0.1, 0.15) is 29.8 Å². The topological polar surface area (TPSA) is 97.0 Å². The Kier molecular flexibility index (Phi) is 4.35. The van der Waals surface area contributed by atoms with Crippen LogP contribution < -0.4 is 16.0 Å². The minimum absolute atomic E-state index is 0.136.